The van der Waals surface area contributed by atoms with Crippen molar-refractivity contribution >= 4 is 43.2 Å². The molecule has 12 nitrogen and oxygen atoms in total. The fourth-order valence-electron chi connectivity index (χ4n) is 4.60. The van der Waals surface area contributed by atoms with Crippen molar-refractivity contribution in [2.24, 2.45) is 5.73 Å². The van der Waals surface area contributed by atoms with E-state index in [1.165, 1.54) is 63.1 Å². The van der Waals surface area contributed by atoms with Gasteiger partial charge in [-0.2, -0.15) is 11.8 Å². The average molecular weight is 741 g/mol. The molecule has 14 heteroatoms. The fraction of sp³-hybridized carbons (Fsp3) is 0.886. The Kier molecular flexibility index (Phi) is 33.1. The number of unbranched alkanes of at least 4 members (excludes halogenated alkanes) is 12. The van der Waals surface area contributed by atoms with E-state index < -0.39 is 19.5 Å². The molecule has 0 saturated carbocycles. The second kappa shape index (κ2) is 33.9. The molecule has 0 aromatic heterocycles. The molecule has 290 valence electrons. The minimum atomic E-state index is -3.05. The lowest BCUT2D eigenvalue weighted by molar-refractivity contribution is -0.157. The van der Waals surface area contributed by atoms with Gasteiger partial charge in [0.1, 0.15) is 20.1 Å². The lowest BCUT2D eigenvalue weighted by atomic mass is 10.1. The molecule has 0 radical (unpaired) electrons. The average Bonchev–Trinajstić information content (AvgIpc) is 3.06. The van der Waals surface area contributed by atoms with Gasteiger partial charge in [0.15, 0.2) is 0 Å². The molecular weight excluding hydrogens is 671 g/mol. The molecule has 0 fully saturated rings. The molecule has 1 amide bonds. The van der Waals surface area contributed by atoms with Crippen molar-refractivity contribution in [3.63, 3.8) is 0 Å². The van der Waals surface area contributed by atoms with E-state index in [4.69, 9.17) is 29.4 Å². The zero-order chi connectivity index (χ0) is 36.4. The molecular formula is C35H69N2O10PS. The van der Waals surface area contributed by atoms with Crippen LogP contribution in [-0.2, 0) is 38.1 Å². The summed E-state index contributed by atoms with van der Waals surface area (Å²) in [6, 6.07) is -0.760. The van der Waals surface area contributed by atoms with Gasteiger partial charge in [0.2, 0.25) is 5.91 Å². The number of carbonyl (C=O) groups excluding carboxylic acids is 3. The molecule has 0 spiro atoms. The summed E-state index contributed by atoms with van der Waals surface area (Å²) in [5.74, 6) is -0.208. The number of hydrogen-bond acceptors (Lipinski definition) is 12. The van der Waals surface area contributed by atoms with Gasteiger partial charge in [0, 0.05) is 37.1 Å². The molecule has 0 bridgehead atoms. The van der Waals surface area contributed by atoms with Gasteiger partial charge >= 0.3 is 11.9 Å². The van der Waals surface area contributed by atoms with Gasteiger partial charge in [-0.25, -0.2) is 0 Å². The van der Waals surface area contributed by atoms with Crippen molar-refractivity contribution in [1.82, 2.24) is 5.32 Å². The van der Waals surface area contributed by atoms with Crippen molar-refractivity contribution in [3.05, 3.63) is 0 Å². The smallest absolute Gasteiger partial charge is 0.306 e. The monoisotopic (exact) mass is 740 g/mol. The number of nitrogens with one attached hydrogen (secondary N) is 1. The van der Waals surface area contributed by atoms with E-state index in [0.717, 1.165) is 38.5 Å². The maximum Gasteiger partial charge on any atom is 0.306 e. The largest absolute Gasteiger partial charge is 0.462 e. The van der Waals surface area contributed by atoms with Crippen LogP contribution in [0.3, 0.4) is 0 Å². The summed E-state index contributed by atoms with van der Waals surface area (Å²) in [5.41, 5.74) is 6.08. The molecule has 0 aromatic rings. The van der Waals surface area contributed by atoms with Crippen LogP contribution in [0.15, 0.2) is 0 Å². The Bertz CT molecular complexity index is 864. The summed E-state index contributed by atoms with van der Waals surface area (Å²) in [5, 5.41) is 2.75. The van der Waals surface area contributed by atoms with Crippen LogP contribution in [0.5, 0.6) is 0 Å². The van der Waals surface area contributed by atoms with Crippen molar-refractivity contribution in [3.8, 4) is 0 Å². The van der Waals surface area contributed by atoms with Crippen LogP contribution in [0.2, 0.25) is 0 Å². The van der Waals surface area contributed by atoms with Crippen LogP contribution in [-0.4, -0.2) is 117 Å². The summed E-state index contributed by atoms with van der Waals surface area (Å²) in [6.45, 7) is 6.58. The van der Waals surface area contributed by atoms with Crippen LogP contribution in [0.4, 0.5) is 0 Å². The molecule has 0 unspecified atom stereocenters. The molecule has 49 heavy (non-hydrogen) atoms. The van der Waals surface area contributed by atoms with E-state index >= 15 is 0 Å². The Hall–Kier alpha value is -1.18. The number of amides is 1. The van der Waals surface area contributed by atoms with E-state index in [1.807, 2.05) is 0 Å². The maximum absolute atomic E-state index is 12.6. The first-order valence-electron chi connectivity index (χ1n) is 18.5. The molecule has 5 N–H and O–H groups in total. The molecule has 0 aliphatic carbocycles. The van der Waals surface area contributed by atoms with Gasteiger partial charge in [0.25, 0.3) is 0 Å². The second-order valence-corrected chi connectivity index (χ2v) is 15.7. The topological polar surface area (TPSA) is 176 Å². The van der Waals surface area contributed by atoms with Crippen LogP contribution < -0.4 is 11.1 Å². The molecule has 0 heterocycles. The second-order valence-electron chi connectivity index (χ2n) is 12.4. The Balaban J connectivity index is 4.33. The Morgan fingerprint density at radius 2 is 1.20 bits per heavy atom. The Labute approximate surface area is 300 Å². The van der Waals surface area contributed by atoms with Gasteiger partial charge in [-0.15, -0.1) is 0 Å². The summed E-state index contributed by atoms with van der Waals surface area (Å²) in [4.78, 5) is 55.8. The van der Waals surface area contributed by atoms with Crippen LogP contribution in [0, 0.1) is 0 Å². The zero-order valence-corrected chi connectivity index (χ0v) is 32.3. The number of ether oxygens (including phenoxy) is 5. The van der Waals surface area contributed by atoms with Crippen LogP contribution >= 0.6 is 19.1 Å². The molecule has 0 aromatic carbocycles. The number of nitrogens with two attached hydrogens (primary N) is 1. The third-order valence-corrected chi connectivity index (χ3v) is 9.62. The number of rotatable bonds is 36. The van der Waals surface area contributed by atoms with Crippen LogP contribution in [0.1, 0.15) is 117 Å². The lowest BCUT2D eigenvalue weighted by Gasteiger charge is -2.19. The van der Waals surface area contributed by atoms with Gasteiger partial charge in [-0.1, -0.05) is 97.2 Å². The lowest BCUT2D eigenvalue weighted by Crippen LogP contribution is -2.43. The summed E-state index contributed by atoms with van der Waals surface area (Å²) in [6.07, 6.45) is 19.0. The SMILES string of the molecule is C=P(O)(O)CCOCCOCCOCCNC(=O)[C@@H](N)CSC[C@@H](COC(=O)CCCCCCCCC)OC(=O)CCCCCCCCC. The highest BCUT2D eigenvalue weighted by atomic mass is 32.2. The number of hydrogen-bond donors (Lipinski definition) is 4. The molecule has 0 saturated heterocycles. The first-order valence-corrected chi connectivity index (χ1v) is 21.7. The maximum atomic E-state index is 12.6. The summed E-state index contributed by atoms with van der Waals surface area (Å²) in [7, 11) is -3.05. The van der Waals surface area contributed by atoms with E-state index in [1.54, 1.807) is 0 Å². The van der Waals surface area contributed by atoms with Gasteiger partial charge < -0.3 is 44.5 Å². The summed E-state index contributed by atoms with van der Waals surface area (Å²) < 4.78 is 27.2. The quantitative estimate of drug-likeness (QED) is 0.0375. The number of thioether (sulfide) groups is 1. The molecule has 0 rings (SSSR count). The molecule has 2 atom stereocenters. The van der Waals surface area contributed by atoms with Crippen molar-refractivity contribution < 1.29 is 47.9 Å². The van der Waals surface area contributed by atoms with E-state index in [0.29, 0.717) is 63.9 Å². The summed E-state index contributed by atoms with van der Waals surface area (Å²) >= 11 is 1.38. The van der Waals surface area contributed by atoms with Crippen molar-refractivity contribution in [2.45, 2.75) is 129 Å². The van der Waals surface area contributed by atoms with Crippen molar-refractivity contribution in [1.29, 1.82) is 0 Å². The highest BCUT2D eigenvalue weighted by molar-refractivity contribution is 7.99. The minimum Gasteiger partial charge on any atom is -0.462 e. The first kappa shape index (κ1) is 47.8. The van der Waals surface area contributed by atoms with Gasteiger partial charge in [-0.3, -0.25) is 14.4 Å². The standard InChI is InChI=1S/C35H69N2O10PS/c1-4-6-8-10-12-14-16-18-33(38)46-28-31(47-34(39)19-17-15-13-11-9-7-5-2)29-49-30-32(36)35(40)37-20-21-43-22-23-44-24-25-45-26-27-48(3,41)42/h31-32,41-42H,3-30,36H2,1-2H3,(H,37,40)/t31-,32+/m1/s1. The highest BCUT2D eigenvalue weighted by Crippen LogP contribution is 2.32. The van der Waals surface area contributed by atoms with Crippen LogP contribution in [0.25, 0.3) is 0 Å². The minimum absolute atomic E-state index is 0.00759. The third kappa shape index (κ3) is 35.0. The number of carbonyl (C=O) groups is 3. The van der Waals surface area contributed by atoms with E-state index in [2.05, 4.69) is 25.5 Å². The normalized spacial score (nSPS) is 12.8. The predicted molar refractivity (Wildman–Crippen MR) is 200 cm³/mol. The van der Waals surface area contributed by atoms with Crippen molar-refractivity contribution in [2.75, 3.05) is 70.5 Å². The predicted octanol–water partition coefficient (Wildman–Crippen LogP) is 5.21. The Morgan fingerprint density at radius 1 is 0.714 bits per heavy atom. The third-order valence-electron chi connectivity index (χ3n) is 7.52. The first-order chi connectivity index (χ1) is 23.6. The fourth-order valence-corrected chi connectivity index (χ4v) is 5.99. The number of esters is 2. The van der Waals surface area contributed by atoms with Gasteiger partial charge in [0.05, 0.1) is 45.7 Å². The van der Waals surface area contributed by atoms with E-state index in [-0.39, 0.29) is 37.2 Å². The molecule has 0 aliphatic rings. The molecule has 0 aliphatic heterocycles. The zero-order valence-electron chi connectivity index (χ0n) is 30.5. The Morgan fingerprint density at radius 3 is 1.76 bits per heavy atom. The van der Waals surface area contributed by atoms with E-state index in [9.17, 15) is 24.2 Å². The van der Waals surface area contributed by atoms with Gasteiger partial charge in [-0.05, 0) is 12.8 Å². The highest BCUT2D eigenvalue weighted by Gasteiger charge is 2.20.